The Labute approximate surface area is 164 Å². The molecule has 0 radical (unpaired) electrons. The minimum absolute atomic E-state index is 0.0357. The quantitative estimate of drug-likeness (QED) is 0.540. The van der Waals surface area contributed by atoms with Gasteiger partial charge in [0.05, 0.1) is 13.7 Å². The van der Waals surface area contributed by atoms with E-state index in [1.54, 1.807) is 13.2 Å². The van der Waals surface area contributed by atoms with Crippen molar-refractivity contribution in [1.82, 2.24) is 4.90 Å². The van der Waals surface area contributed by atoms with Crippen LogP contribution in [0, 0.1) is 0 Å². The lowest BCUT2D eigenvalue weighted by Crippen LogP contribution is -2.45. The zero-order chi connectivity index (χ0) is 20.4. The van der Waals surface area contributed by atoms with Gasteiger partial charge < -0.3 is 20.2 Å². The van der Waals surface area contributed by atoms with Crippen LogP contribution in [0.1, 0.15) is 62.0 Å². The van der Waals surface area contributed by atoms with Crippen molar-refractivity contribution in [2.45, 2.75) is 63.6 Å². The number of nitrogens with two attached hydrogens (primary N) is 1. The van der Waals surface area contributed by atoms with Crippen LogP contribution in [-0.2, 0) is 33.6 Å². The van der Waals surface area contributed by atoms with Gasteiger partial charge >= 0.3 is 0 Å². The van der Waals surface area contributed by atoms with E-state index in [0.717, 1.165) is 16.9 Å². The average Bonchev–Trinajstić information content (AvgIpc) is 2.88. The van der Waals surface area contributed by atoms with E-state index in [1.165, 1.54) is 23.6 Å². The summed E-state index contributed by atoms with van der Waals surface area (Å²) in [6.07, 6.45) is 0.447. The lowest BCUT2D eigenvalue weighted by Gasteiger charge is -2.24. The van der Waals surface area contributed by atoms with E-state index >= 15 is 0 Å². The van der Waals surface area contributed by atoms with Gasteiger partial charge in [-0.25, -0.2) is 0 Å². The molecule has 0 fully saturated rings. The number of hydrogen-bond donors (Lipinski definition) is 1. The van der Waals surface area contributed by atoms with E-state index in [0.29, 0.717) is 11.3 Å². The highest BCUT2D eigenvalue weighted by Gasteiger charge is 2.38. The summed E-state index contributed by atoms with van der Waals surface area (Å²) in [6, 6.07) is 2.93. The van der Waals surface area contributed by atoms with Crippen molar-refractivity contribution in [3.05, 3.63) is 28.8 Å². The fourth-order valence-electron chi connectivity index (χ4n) is 3.18. The Hall–Kier alpha value is -2.02. The first-order valence-electron chi connectivity index (χ1n) is 9.02. The number of ether oxygens (including phenoxy) is 1. The van der Waals surface area contributed by atoms with Gasteiger partial charge in [-0.3, -0.25) is 9.59 Å². The maximum Gasteiger partial charge on any atom is 0.255 e. The zero-order valence-electron chi connectivity index (χ0n) is 16.7. The maximum atomic E-state index is 12.9. The number of amides is 2. The lowest BCUT2D eigenvalue weighted by atomic mass is 10.1. The monoisotopic (exact) mass is 393 g/mol. The Kier molecular flexibility index (Phi) is 6.57. The smallest absolute Gasteiger partial charge is 0.255 e. The Balaban J connectivity index is 2.31. The molecule has 1 heterocycles. The maximum absolute atomic E-state index is 12.9. The van der Waals surface area contributed by atoms with Gasteiger partial charge in [0.15, 0.2) is 0 Å². The standard InChI is InChI=1S/C20H28N2O4S/c1-12(23)6-9-16(18(21)24)22-10-15-14(19(22)25)8-7-13(17(15)26-5)11-27-20(2,3)4/h7-8,16H,6,9-11H2,1-5H3,(H2,21,24)/p+1. The van der Waals surface area contributed by atoms with Crippen LogP contribution in [0.5, 0.6) is 5.75 Å². The van der Waals surface area contributed by atoms with Gasteiger partial charge in [-0.05, 0) is 58.0 Å². The summed E-state index contributed by atoms with van der Waals surface area (Å²) in [4.78, 5) is 37.5. The highest BCUT2D eigenvalue weighted by molar-refractivity contribution is 7.79. The molecule has 2 rings (SSSR count). The molecule has 0 aliphatic carbocycles. The molecule has 1 atom stereocenters. The first-order chi connectivity index (χ1) is 12.5. The number of thiol groups is 1. The molecule has 0 bridgehead atoms. The van der Waals surface area contributed by atoms with E-state index in [1.807, 2.05) is 6.07 Å². The van der Waals surface area contributed by atoms with E-state index < -0.39 is 11.9 Å². The van der Waals surface area contributed by atoms with Crippen LogP contribution in [0.2, 0.25) is 0 Å². The molecule has 2 amide bonds. The fraction of sp³-hybridized carbons (Fsp3) is 0.550. The summed E-state index contributed by atoms with van der Waals surface area (Å²) in [5.74, 6) is 0.650. The largest absolute Gasteiger partial charge is 0.496 e. The molecule has 1 aliphatic rings. The third-order valence-corrected chi connectivity index (χ3v) is 6.01. The average molecular weight is 394 g/mol. The van der Waals surface area contributed by atoms with Crippen molar-refractivity contribution in [3.63, 3.8) is 0 Å². The molecule has 2 N–H and O–H groups in total. The van der Waals surface area contributed by atoms with Gasteiger partial charge in [0.2, 0.25) is 5.91 Å². The van der Waals surface area contributed by atoms with Gasteiger partial charge in [0.1, 0.15) is 28.1 Å². The van der Waals surface area contributed by atoms with Crippen LogP contribution in [-0.4, -0.2) is 40.4 Å². The molecule has 0 spiro atoms. The zero-order valence-corrected chi connectivity index (χ0v) is 17.6. The number of nitrogens with zero attached hydrogens (tertiary/aromatic N) is 1. The Morgan fingerprint density at radius 1 is 1.33 bits per heavy atom. The van der Waals surface area contributed by atoms with Crippen molar-refractivity contribution < 1.29 is 19.1 Å². The number of carbonyl (C=O) groups is 3. The van der Waals surface area contributed by atoms with E-state index in [-0.39, 0.29) is 35.8 Å². The highest BCUT2D eigenvalue weighted by Crippen LogP contribution is 2.36. The molecule has 0 saturated heterocycles. The molecular weight excluding hydrogens is 364 g/mol. The first-order valence-corrected chi connectivity index (χ1v) is 10.1. The van der Waals surface area contributed by atoms with Gasteiger partial charge in [0.25, 0.3) is 5.91 Å². The predicted octanol–water partition coefficient (Wildman–Crippen LogP) is 1.99. The SMILES string of the molecule is COc1c(C[SH+]C(C)(C)C)ccc2c1CN(C(CCC(C)=O)C(N)=O)C2=O. The Bertz CT molecular complexity index is 755. The second-order valence-corrected chi connectivity index (χ2v) is 9.84. The van der Waals surface area contributed by atoms with E-state index in [9.17, 15) is 14.4 Å². The van der Waals surface area contributed by atoms with Gasteiger partial charge in [-0.1, -0.05) is 0 Å². The molecule has 1 aliphatic heterocycles. The van der Waals surface area contributed by atoms with Crippen molar-refractivity contribution in [3.8, 4) is 5.75 Å². The van der Waals surface area contributed by atoms with Crippen molar-refractivity contribution in [2.75, 3.05) is 7.11 Å². The molecule has 1 unspecified atom stereocenters. The number of benzene rings is 1. The predicted molar refractivity (Wildman–Crippen MR) is 108 cm³/mol. The van der Waals surface area contributed by atoms with Crippen molar-refractivity contribution in [1.29, 1.82) is 0 Å². The number of hydrogen-bond acceptors (Lipinski definition) is 4. The van der Waals surface area contributed by atoms with Gasteiger partial charge in [0, 0.05) is 23.1 Å². The summed E-state index contributed by atoms with van der Waals surface area (Å²) < 4.78 is 5.80. The van der Waals surface area contributed by atoms with Gasteiger partial charge in [-0.2, -0.15) is 0 Å². The topological polar surface area (TPSA) is 89.7 Å². The van der Waals surface area contributed by atoms with Crippen LogP contribution in [0.3, 0.4) is 0 Å². The normalized spacial score (nSPS) is 14.9. The number of Topliss-reactive ketones (excluding diaryl/α,β-unsaturated/α-hetero) is 1. The minimum atomic E-state index is -0.797. The van der Waals surface area contributed by atoms with E-state index in [4.69, 9.17) is 10.5 Å². The fourth-order valence-corrected chi connectivity index (χ4v) is 4.07. The van der Waals surface area contributed by atoms with Crippen LogP contribution >= 0.6 is 0 Å². The second kappa shape index (κ2) is 8.33. The van der Waals surface area contributed by atoms with Crippen molar-refractivity contribution in [2.24, 2.45) is 5.73 Å². The molecule has 1 aromatic carbocycles. The number of methoxy groups -OCH3 is 1. The van der Waals surface area contributed by atoms with Crippen LogP contribution in [0.15, 0.2) is 12.1 Å². The van der Waals surface area contributed by atoms with Gasteiger partial charge in [-0.15, -0.1) is 0 Å². The molecule has 148 valence electrons. The third-order valence-electron chi connectivity index (χ3n) is 4.56. The van der Waals surface area contributed by atoms with Crippen molar-refractivity contribution >= 4 is 29.4 Å². The summed E-state index contributed by atoms with van der Waals surface area (Å²) >= 11 is 1.26. The molecular formula is C20H29N2O4S+. The molecule has 0 aromatic heterocycles. The van der Waals surface area contributed by atoms with Crippen LogP contribution in [0.25, 0.3) is 0 Å². The number of ketones is 1. The summed E-state index contributed by atoms with van der Waals surface area (Å²) in [6.45, 7) is 8.25. The lowest BCUT2D eigenvalue weighted by molar-refractivity contribution is -0.123. The number of rotatable bonds is 8. The van der Waals surface area contributed by atoms with Crippen LogP contribution < -0.4 is 10.5 Å². The summed E-state index contributed by atoms with van der Waals surface area (Å²) in [5.41, 5.74) is 7.89. The number of fused-ring (bicyclic) bond motifs is 1. The first kappa shape index (κ1) is 21.3. The highest BCUT2D eigenvalue weighted by atomic mass is 32.2. The molecule has 1 aromatic rings. The minimum Gasteiger partial charge on any atom is -0.496 e. The summed E-state index contributed by atoms with van der Waals surface area (Å²) in [7, 11) is 1.60. The molecule has 27 heavy (non-hydrogen) atoms. The number of carbonyl (C=O) groups excluding carboxylic acids is 3. The van der Waals surface area contributed by atoms with E-state index in [2.05, 4.69) is 20.8 Å². The Morgan fingerprint density at radius 3 is 2.52 bits per heavy atom. The number of primary amides is 1. The Morgan fingerprint density at radius 2 is 2.00 bits per heavy atom. The molecule has 6 nitrogen and oxygen atoms in total. The summed E-state index contributed by atoms with van der Waals surface area (Å²) in [5, 5.41) is 0. The molecule has 7 heteroatoms. The van der Waals surface area contributed by atoms with Crippen LogP contribution in [0.4, 0.5) is 0 Å². The second-order valence-electron chi connectivity index (χ2n) is 7.86. The molecule has 0 saturated carbocycles. The third kappa shape index (κ3) is 5.03.